The van der Waals surface area contributed by atoms with Gasteiger partial charge in [-0.15, -0.1) is 0 Å². The number of para-hydroxylation sites is 1. The number of ether oxygens (including phenoxy) is 1. The number of benzene rings is 1. The van der Waals surface area contributed by atoms with E-state index in [9.17, 15) is 18.4 Å². The summed E-state index contributed by atoms with van der Waals surface area (Å²) in [7, 11) is 0. The van der Waals surface area contributed by atoms with Crippen molar-refractivity contribution in [3.8, 4) is 5.75 Å². The molecule has 0 aromatic heterocycles. The summed E-state index contributed by atoms with van der Waals surface area (Å²) in [6, 6.07) is 3.87. The van der Waals surface area contributed by atoms with Gasteiger partial charge in [0.05, 0.1) is 5.69 Å². The van der Waals surface area contributed by atoms with Crippen molar-refractivity contribution < 1.29 is 28.2 Å². The third-order valence-corrected chi connectivity index (χ3v) is 3.10. The molecule has 0 heterocycles. The lowest BCUT2D eigenvalue weighted by Crippen LogP contribution is -2.45. The Balaban J connectivity index is 2.79. The number of aliphatic carboxylic acids is 1. The van der Waals surface area contributed by atoms with Gasteiger partial charge in [-0.3, -0.25) is 4.79 Å². The number of carbonyl (C=O) groups is 2. The fourth-order valence-corrected chi connectivity index (χ4v) is 1.93. The number of amides is 2. The van der Waals surface area contributed by atoms with Gasteiger partial charge in [0.1, 0.15) is 5.75 Å². The molecule has 0 unspecified atom stereocenters. The molecule has 1 aromatic carbocycles. The number of halogens is 2. The molecule has 23 heavy (non-hydrogen) atoms. The van der Waals surface area contributed by atoms with E-state index < -0.39 is 24.2 Å². The Bertz CT molecular complexity index is 577. The largest absolute Gasteiger partial charge is 0.481 e. The normalized spacial score (nSPS) is 11.2. The Hall–Kier alpha value is -2.38. The summed E-state index contributed by atoms with van der Waals surface area (Å²) < 4.78 is 29.2. The number of rotatable bonds is 7. The second kappa shape index (κ2) is 7.75. The summed E-state index contributed by atoms with van der Waals surface area (Å²) >= 11 is 0. The summed E-state index contributed by atoms with van der Waals surface area (Å²) in [5.74, 6) is -1.11. The number of hydrogen-bond donors (Lipinski definition) is 3. The van der Waals surface area contributed by atoms with E-state index in [1.807, 2.05) is 0 Å². The maximum atomic E-state index is 12.4. The van der Waals surface area contributed by atoms with Gasteiger partial charge in [0.15, 0.2) is 0 Å². The van der Waals surface area contributed by atoms with E-state index >= 15 is 0 Å². The molecule has 0 aliphatic carbocycles. The predicted molar refractivity (Wildman–Crippen MR) is 80.9 cm³/mol. The van der Waals surface area contributed by atoms with Crippen LogP contribution in [0.3, 0.4) is 0 Å². The monoisotopic (exact) mass is 330 g/mol. The molecule has 2 amide bonds. The zero-order valence-electron chi connectivity index (χ0n) is 13.2. The van der Waals surface area contributed by atoms with Gasteiger partial charge in [0.2, 0.25) is 0 Å². The smallest absolute Gasteiger partial charge is 0.387 e. The number of anilines is 1. The van der Waals surface area contributed by atoms with E-state index in [0.29, 0.717) is 5.56 Å². The second-order valence-electron chi connectivity index (χ2n) is 5.68. The van der Waals surface area contributed by atoms with Gasteiger partial charge >= 0.3 is 18.6 Å². The molecule has 0 aliphatic rings. The van der Waals surface area contributed by atoms with Crippen LogP contribution in [0.1, 0.15) is 32.3 Å². The number of aryl methyl sites for hydroxylation is 1. The van der Waals surface area contributed by atoms with Crippen molar-refractivity contribution in [1.29, 1.82) is 0 Å². The topological polar surface area (TPSA) is 87.7 Å². The fraction of sp³-hybridized carbons (Fsp3) is 0.467. The lowest BCUT2D eigenvalue weighted by molar-refractivity contribution is -0.137. The fourth-order valence-electron chi connectivity index (χ4n) is 1.93. The summed E-state index contributed by atoms with van der Waals surface area (Å²) in [6.07, 6.45) is 0.126. The molecule has 3 N–H and O–H groups in total. The average Bonchev–Trinajstić information content (AvgIpc) is 2.39. The van der Waals surface area contributed by atoms with Crippen LogP contribution in [0.25, 0.3) is 0 Å². The molecule has 0 saturated carbocycles. The van der Waals surface area contributed by atoms with Gasteiger partial charge in [0, 0.05) is 12.0 Å². The molecule has 0 saturated heterocycles. The van der Waals surface area contributed by atoms with E-state index in [1.54, 1.807) is 26.8 Å². The molecule has 0 aliphatic heterocycles. The molecular formula is C15H20F2N2O4. The van der Waals surface area contributed by atoms with E-state index in [-0.39, 0.29) is 24.3 Å². The first-order chi connectivity index (χ1) is 10.6. The lowest BCUT2D eigenvalue weighted by atomic mass is 9.99. The molecule has 0 spiro atoms. The molecular weight excluding hydrogens is 310 g/mol. The minimum Gasteiger partial charge on any atom is -0.481 e. The van der Waals surface area contributed by atoms with Crippen molar-refractivity contribution in [1.82, 2.24) is 5.32 Å². The number of carboxylic acids is 1. The summed E-state index contributed by atoms with van der Waals surface area (Å²) in [4.78, 5) is 22.6. The highest BCUT2D eigenvalue weighted by molar-refractivity contribution is 5.92. The molecule has 0 atom stereocenters. The minimum absolute atomic E-state index is 0.0998. The quantitative estimate of drug-likeness (QED) is 0.715. The Labute approximate surface area is 132 Å². The van der Waals surface area contributed by atoms with Crippen LogP contribution in [-0.2, 0) is 4.79 Å². The zero-order valence-corrected chi connectivity index (χ0v) is 13.2. The van der Waals surface area contributed by atoms with E-state index in [2.05, 4.69) is 15.4 Å². The molecule has 128 valence electrons. The molecule has 8 heteroatoms. The molecule has 1 aromatic rings. The number of nitrogens with one attached hydrogen (secondary N) is 2. The number of carboxylic acid groups (broad SMARTS) is 1. The van der Waals surface area contributed by atoms with Crippen molar-refractivity contribution in [2.45, 2.75) is 45.8 Å². The van der Waals surface area contributed by atoms with E-state index in [0.717, 1.165) is 0 Å². The minimum atomic E-state index is -3.01. The number of hydrogen-bond acceptors (Lipinski definition) is 3. The van der Waals surface area contributed by atoms with Crippen LogP contribution >= 0.6 is 0 Å². The lowest BCUT2D eigenvalue weighted by Gasteiger charge is -2.26. The van der Waals surface area contributed by atoms with Gasteiger partial charge in [0.25, 0.3) is 0 Å². The van der Waals surface area contributed by atoms with Crippen molar-refractivity contribution in [2.75, 3.05) is 5.32 Å². The maximum absolute atomic E-state index is 12.4. The molecule has 1 rings (SSSR count). The molecule has 0 bridgehead atoms. The first-order valence-corrected chi connectivity index (χ1v) is 6.96. The third kappa shape index (κ3) is 6.50. The van der Waals surface area contributed by atoms with Crippen molar-refractivity contribution in [2.24, 2.45) is 0 Å². The maximum Gasteiger partial charge on any atom is 0.387 e. The first-order valence-electron chi connectivity index (χ1n) is 6.96. The SMILES string of the molecule is Cc1cccc(OC(F)F)c1NC(=O)NC(C)(C)CCC(=O)O. The highest BCUT2D eigenvalue weighted by Gasteiger charge is 2.22. The van der Waals surface area contributed by atoms with Gasteiger partial charge < -0.3 is 20.5 Å². The Kier molecular flexibility index (Phi) is 6.29. The van der Waals surface area contributed by atoms with Crippen LogP contribution < -0.4 is 15.4 Å². The van der Waals surface area contributed by atoms with Crippen molar-refractivity contribution in [3.05, 3.63) is 23.8 Å². The highest BCUT2D eigenvalue weighted by atomic mass is 19.3. The highest BCUT2D eigenvalue weighted by Crippen LogP contribution is 2.29. The van der Waals surface area contributed by atoms with Crippen LogP contribution in [-0.4, -0.2) is 29.3 Å². The summed E-state index contributed by atoms with van der Waals surface area (Å²) in [5, 5.41) is 13.8. The summed E-state index contributed by atoms with van der Waals surface area (Å²) in [6.45, 7) is 1.98. The van der Waals surface area contributed by atoms with Crippen LogP contribution in [0.4, 0.5) is 19.3 Å². The molecule has 6 nitrogen and oxygen atoms in total. The van der Waals surface area contributed by atoms with Crippen LogP contribution in [0.15, 0.2) is 18.2 Å². The van der Waals surface area contributed by atoms with E-state index in [4.69, 9.17) is 5.11 Å². The Morgan fingerprint density at radius 3 is 2.57 bits per heavy atom. The predicted octanol–water partition coefficient (Wildman–Crippen LogP) is 3.36. The summed E-state index contributed by atoms with van der Waals surface area (Å²) in [5.41, 5.74) is -0.0736. The molecule has 0 radical (unpaired) electrons. The number of alkyl halides is 2. The average molecular weight is 330 g/mol. The molecule has 0 fully saturated rings. The number of urea groups is 1. The number of carbonyl (C=O) groups excluding carboxylic acids is 1. The van der Waals surface area contributed by atoms with Gasteiger partial charge in [-0.05, 0) is 38.8 Å². The van der Waals surface area contributed by atoms with E-state index in [1.165, 1.54) is 12.1 Å². The third-order valence-electron chi connectivity index (χ3n) is 3.10. The van der Waals surface area contributed by atoms with Crippen molar-refractivity contribution >= 4 is 17.7 Å². The Morgan fingerprint density at radius 2 is 2.00 bits per heavy atom. The first kappa shape index (κ1) is 18.7. The standard InChI is InChI=1S/C15H20F2N2O4/c1-9-5-4-6-10(23-13(16)17)12(9)18-14(22)19-15(2,3)8-7-11(20)21/h4-6,13H,7-8H2,1-3H3,(H,20,21)(H2,18,19,22). The Morgan fingerprint density at radius 1 is 1.35 bits per heavy atom. The zero-order chi connectivity index (χ0) is 17.6. The van der Waals surface area contributed by atoms with Crippen molar-refractivity contribution in [3.63, 3.8) is 0 Å². The van der Waals surface area contributed by atoms with Crippen LogP contribution in [0.5, 0.6) is 5.75 Å². The van der Waals surface area contributed by atoms with Crippen LogP contribution in [0, 0.1) is 6.92 Å². The van der Waals surface area contributed by atoms with Gasteiger partial charge in [-0.25, -0.2) is 4.79 Å². The van der Waals surface area contributed by atoms with Gasteiger partial charge in [-0.2, -0.15) is 8.78 Å². The second-order valence-corrected chi connectivity index (χ2v) is 5.68. The van der Waals surface area contributed by atoms with Gasteiger partial charge in [-0.1, -0.05) is 12.1 Å². The van der Waals surface area contributed by atoms with Crippen LogP contribution in [0.2, 0.25) is 0 Å².